The van der Waals surface area contributed by atoms with Crippen LogP contribution in [0.2, 0.25) is 0 Å². The maximum absolute atomic E-state index is 12.2. The molecule has 0 aliphatic carbocycles. The van der Waals surface area contributed by atoms with Crippen LogP contribution < -0.4 is 4.74 Å². The first-order valence-corrected chi connectivity index (χ1v) is 9.11. The molecule has 2 saturated heterocycles. The minimum absolute atomic E-state index is 0.0922. The lowest BCUT2D eigenvalue weighted by molar-refractivity contribution is -0.123. The number of sulfone groups is 1. The Morgan fingerprint density at radius 2 is 1.71 bits per heavy atom. The molecule has 2 atom stereocenters. The van der Waals surface area contributed by atoms with Crippen molar-refractivity contribution in [2.24, 2.45) is 5.92 Å². The summed E-state index contributed by atoms with van der Waals surface area (Å²) in [5, 5.41) is -0.555. The van der Waals surface area contributed by atoms with E-state index >= 15 is 0 Å². The molecule has 2 unspecified atom stereocenters. The summed E-state index contributed by atoms with van der Waals surface area (Å²) in [6.07, 6.45) is 2.86. The summed E-state index contributed by atoms with van der Waals surface area (Å²) in [6.45, 7) is 0.363. The summed E-state index contributed by atoms with van der Waals surface area (Å²) in [6, 6.07) is 9.41. The molecule has 0 radical (unpaired) electrons. The molecule has 2 bridgehead atoms. The average Bonchev–Trinajstić information content (AvgIpc) is 2.68. The maximum atomic E-state index is 12.2. The molecule has 0 saturated carbocycles. The van der Waals surface area contributed by atoms with Gasteiger partial charge in [-0.3, -0.25) is 4.79 Å². The van der Waals surface area contributed by atoms with Crippen LogP contribution in [0.15, 0.2) is 30.3 Å². The normalized spacial score (nSPS) is 30.0. The van der Waals surface area contributed by atoms with E-state index in [9.17, 15) is 13.2 Å². The Morgan fingerprint density at radius 1 is 1.10 bits per heavy atom. The number of para-hydroxylation sites is 1. The predicted octanol–water partition coefficient (Wildman–Crippen LogP) is 2.38. The molecule has 0 N–H and O–H groups in total. The van der Waals surface area contributed by atoms with Gasteiger partial charge in [0.1, 0.15) is 11.5 Å². The highest BCUT2D eigenvalue weighted by atomic mass is 32.2. The molecule has 1 aromatic rings. The Morgan fingerprint density at radius 3 is 2.33 bits per heavy atom. The van der Waals surface area contributed by atoms with E-state index in [4.69, 9.17) is 4.74 Å². The zero-order valence-electron chi connectivity index (χ0n) is 11.9. The number of benzene rings is 1. The van der Waals surface area contributed by atoms with E-state index in [-0.39, 0.29) is 22.2 Å². The summed E-state index contributed by atoms with van der Waals surface area (Å²) < 4.78 is 29.6. The molecule has 0 amide bonds. The van der Waals surface area contributed by atoms with Crippen LogP contribution in [-0.4, -0.2) is 31.3 Å². The molecule has 4 nitrogen and oxygen atoms in total. The fourth-order valence-corrected chi connectivity index (χ4v) is 5.94. The van der Waals surface area contributed by atoms with Gasteiger partial charge in [0.15, 0.2) is 9.84 Å². The van der Waals surface area contributed by atoms with Crippen molar-refractivity contribution in [1.29, 1.82) is 0 Å². The first-order valence-electron chi connectivity index (χ1n) is 7.50. The van der Waals surface area contributed by atoms with E-state index in [1.807, 2.05) is 30.3 Å². The topological polar surface area (TPSA) is 60.4 Å². The van der Waals surface area contributed by atoms with E-state index < -0.39 is 9.84 Å². The van der Waals surface area contributed by atoms with Crippen LogP contribution >= 0.6 is 0 Å². The Kier molecular flexibility index (Phi) is 4.02. The molecule has 2 fully saturated rings. The first-order chi connectivity index (χ1) is 10.1. The average molecular weight is 308 g/mol. The van der Waals surface area contributed by atoms with Crippen LogP contribution in [0.25, 0.3) is 0 Å². The van der Waals surface area contributed by atoms with Crippen LogP contribution in [0.5, 0.6) is 5.75 Å². The molecule has 21 heavy (non-hydrogen) atoms. The van der Waals surface area contributed by atoms with Crippen molar-refractivity contribution in [1.82, 2.24) is 0 Å². The van der Waals surface area contributed by atoms with Crippen molar-refractivity contribution in [2.45, 2.75) is 42.6 Å². The van der Waals surface area contributed by atoms with Gasteiger partial charge in [-0.05, 0) is 37.8 Å². The summed E-state index contributed by atoms with van der Waals surface area (Å²) in [5.41, 5.74) is 0. The number of hydrogen-bond acceptors (Lipinski definition) is 4. The number of carbonyl (C=O) groups is 1. The van der Waals surface area contributed by atoms with E-state index in [1.165, 1.54) is 0 Å². The molecule has 2 heterocycles. The fraction of sp³-hybridized carbons (Fsp3) is 0.562. The minimum Gasteiger partial charge on any atom is -0.493 e. The fourth-order valence-electron chi connectivity index (χ4n) is 3.46. The van der Waals surface area contributed by atoms with E-state index in [0.717, 1.165) is 18.6 Å². The number of Topliss-reactive ketones (excluding diaryl/α,β-unsaturated/α-hetero) is 1. The third-order valence-corrected chi connectivity index (χ3v) is 7.37. The SMILES string of the molecule is O=C(CCOc1ccccc1)C1CC2CCC(C1)S2(=O)=O. The van der Waals surface area contributed by atoms with Crippen molar-refractivity contribution < 1.29 is 17.9 Å². The summed E-state index contributed by atoms with van der Waals surface area (Å²) in [5.74, 6) is 0.819. The van der Waals surface area contributed by atoms with Gasteiger partial charge in [-0.15, -0.1) is 0 Å². The highest BCUT2D eigenvalue weighted by molar-refractivity contribution is 7.93. The van der Waals surface area contributed by atoms with Crippen molar-refractivity contribution >= 4 is 15.6 Å². The van der Waals surface area contributed by atoms with Gasteiger partial charge in [0.05, 0.1) is 17.1 Å². The lowest BCUT2D eigenvalue weighted by Gasteiger charge is -2.26. The quantitative estimate of drug-likeness (QED) is 0.838. The second-order valence-electron chi connectivity index (χ2n) is 5.96. The highest BCUT2D eigenvalue weighted by Crippen LogP contribution is 2.41. The Balaban J connectivity index is 1.51. The van der Waals surface area contributed by atoms with Crippen molar-refractivity contribution in [3.8, 4) is 5.75 Å². The maximum Gasteiger partial charge on any atom is 0.156 e. The van der Waals surface area contributed by atoms with Crippen LogP contribution in [0.3, 0.4) is 0 Å². The lowest BCUT2D eigenvalue weighted by Crippen LogP contribution is -2.36. The van der Waals surface area contributed by atoms with Gasteiger partial charge in [0, 0.05) is 12.3 Å². The van der Waals surface area contributed by atoms with Gasteiger partial charge < -0.3 is 4.74 Å². The highest BCUT2D eigenvalue weighted by Gasteiger charge is 2.48. The molecule has 5 heteroatoms. The molecule has 3 rings (SSSR count). The second-order valence-corrected chi connectivity index (χ2v) is 8.47. The number of carbonyl (C=O) groups excluding carboxylic acids is 1. The summed E-state index contributed by atoms with van der Waals surface area (Å²) >= 11 is 0. The zero-order chi connectivity index (χ0) is 14.9. The van der Waals surface area contributed by atoms with Crippen molar-refractivity contribution in [3.63, 3.8) is 0 Å². The summed E-state index contributed by atoms with van der Waals surface area (Å²) in [7, 11) is -2.94. The number of ether oxygens (including phenoxy) is 1. The standard InChI is InChI=1S/C16H20O4S/c17-16(8-9-20-13-4-2-1-3-5-13)12-10-14-6-7-15(11-12)21(14,18)19/h1-5,12,14-15H,6-11H2. The third-order valence-electron chi connectivity index (χ3n) is 4.65. The number of ketones is 1. The molecular weight excluding hydrogens is 288 g/mol. The number of hydrogen-bond donors (Lipinski definition) is 0. The van der Waals surface area contributed by atoms with Gasteiger partial charge in [-0.25, -0.2) is 8.42 Å². The predicted molar refractivity (Wildman–Crippen MR) is 80.0 cm³/mol. The number of fused-ring (bicyclic) bond motifs is 2. The van der Waals surface area contributed by atoms with Gasteiger partial charge in [0.25, 0.3) is 0 Å². The second kappa shape index (κ2) is 5.79. The third kappa shape index (κ3) is 2.98. The molecule has 2 aliphatic heterocycles. The van der Waals surface area contributed by atoms with Crippen molar-refractivity contribution in [3.05, 3.63) is 30.3 Å². The minimum atomic E-state index is -2.94. The van der Waals surface area contributed by atoms with Crippen LogP contribution in [0, 0.1) is 5.92 Å². The van der Waals surface area contributed by atoms with Gasteiger partial charge in [0.2, 0.25) is 0 Å². The molecule has 0 spiro atoms. The molecule has 2 aliphatic rings. The Labute approximate surface area is 125 Å². The lowest BCUT2D eigenvalue weighted by atomic mass is 9.93. The summed E-state index contributed by atoms with van der Waals surface area (Å²) in [4.78, 5) is 12.2. The van der Waals surface area contributed by atoms with E-state index in [0.29, 0.717) is 25.9 Å². The van der Waals surface area contributed by atoms with E-state index in [1.54, 1.807) is 0 Å². The van der Waals surface area contributed by atoms with Gasteiger partial charge >= 0.3 is 0 Å². The Bertz CT molecular complexity index is 588. The first kappa shape index (κ1) is 14.6. The van der Waals surface area contributed by atoms with Crippen LogP contribution in [0.4, 0.5) is 0 Å². The molecule has 0 aromatic heterocycles. The van der Waals surface area contributed by atoms with Crippen LogP contribution in [-0.2, 0) is 14.6 Å². The molecule has 114 valence electrons. The monoisotopic (exact) mass is 308 g/mol. The smallest absolute Gasteiger partial charge is 0.156 e. The van der Waals surface area contributed by atoms with Crippen LogP contribution in [0.1, 0.15) is 32.1 Å². The largest absolute Gasteiger partial charge is 0.493 e. The van der Waals surface area contributed by atoms with Crippen molar-refractivity contribution in [2.75, 3.05) is 6.61 Å². The van der Waals surface area contributed by atoms with Gasteiger partial charge in [-0.2, -0.15) is 0 Å². The van der Waals surface area contributed by atoms with Gasteiger partial charge in [-0.1, -0.05) is 18.2 Å². The molecular formula is C16H20O4S. The Hall–Kier alpha value is -1.36. The zero-order valence-corrected chi connectivity index (χ0v) is 12.7. The number of rotatable bonds is 5. The van der Waals surface area contributed by atoms with E-state index in [2.05, 4.69) is 0 Å². The molecule has 1 aromatic carbocycles.